The Balaban J connectivity index is 2.33. The number of nitrogens with zero attached hydrogens (tertiary/aromatic N) is 2. The molecule has 1 heterocycles. The Hall–Kier alpha value is -1.95. The molecule has 6 heteroatoms. The minimum atomic E-state index is -1.09. The average molecular weight is 264 g/mol. The number of hydrogen-bond donors (Lipinski definition) is 1. The molecule has 0 aliphatic carbocycles. The van der Waals surface area contributed by atoms with Crippen LogP contribution in [0.5, 0.6) is 0 Å². The van der Waals surface area contributed by atoms with Crippen LogP contribution in [-0.2, 0) is 0 Å². The van der Waals surface area contributed by atoms with Crippen LogP contribution in [-0.4, -0.2) is 21.3 Å². The number of halogens is 1. The predicted molar refractivity (Wildman–Crippen MR) is 64.3 cm³/mol. The number of aromatic nitrogens is 2. The number of aryl methyl sites for hydroxylation is 1. The summed E-state index contributed by atoms with van der Waals surface area (Å²) in [6, 6.07) is 5.40. The zero-order valence-electron chi connectivity index (χ0n) is 9.42. The second kappa shape index (κ2) is 5.14. The molecule has 0 unspecified atom stereocenters. The molecular weight excluding hydrogens is 255 g/mol. The molecule has 1 N–H and O–H groups in total. The Labute approximate surface area is 107 Å². The second-order valence-corrected chi connectivity index (χ2v) is 4.69. The van der Waals surface area contributed by atoms with Crippen LogP contribution in [0.15, 0.2) is 40.4 Å². The van der Waals surface area contributed by atoms with Crippen molar-refractivity contribution < 1.29 is 14.3 Å². The Bertz CT molecular complexity index is 604. The first-order valence-corrected chi connectivity index (χ1v) is 5.88. The summed E-state index contributed by atoms with van der Waals surface area (Å²) in [5.41, 5.74) is 0.946. The zero-order chi connectivity index (χ0) is 13.1. The third kappa shape index (κ3) is 2.84. The maximum Gasteiger partial charge on any atom is 0.335 e. The summed E-state index contributed by atoms with van der Waals surface area (Å²) >= 11 is 1.05. The van der Waals surface area contributed by atoms with Crippen LogP contribution in [0.25, 0.3) is 0 Å². The van der Waals surface area contributed by atoms with E-state index in [0.29, 0.717) is 5.03 Å². The molecule has 1 aromatic heterocycles. The van der Waals surface area contributed by atoms with Gasteiger partial charge in [-0.1, -0.05) is 11.8 Å². The van der Waals surface area contributed by atoms with Crippen molar-refractivity contribution in [2.24, 2.45) is 0 Å². The molecule has 0 saturated heterocycles. The van der Waals surface area contributed by atoms with E-state index >= 15 is 0 Å². The number of benzene rings is 1. The first-order chi connectivity index (χ1) is 8.56. The lowest BCUT2D eigenvalue weighted by Crippen LogP contribution is -1.97. The number of rotatable bonds is 3. The van der Waals surface area contributed by atoms with Crippen LogP contribution < -0.4 is 0 Å². The van der Waals surface area contributed by atoms with Gasteiger partial charge in [-0.2, -0.15) is 5.10 Å². The maximum atomic E-state index is 13.6. The molecule has 1 aromatic carbocycles. The molecule has 0 radical (unpaired) electrons. The quantitative estimate of drug-likeness (QED) is 0.923. The molecule has 18 heavy (non-hydrogen) atoms. The summed E-state index contributed by atoms with van der Waals surface area (Å²) in [5.74, 6) is -1.57. The SMILES string of the molecule is Cc1cnnc(Sc2cc(C(=O)O)ccc2F)c1. The van der Waals surface area contributed by atoms with Gasteiger partial charge in [0.05, 0.1) is 16.7 Å². The van der Waals surface area contributed by atoms with Crippen LogP contribution in [0.1, 0.15) is 15.9 Å². The highest BCUT2D eigenvalue weighted by molar-refractivity contribution is 7.99. The number of carbonyl (C=O) groups is 1. The van der Waals surface area contributed by atoms with Crippen molar-refractivity contribution in [3.63, 3.8) is 0 Å². The lowest BCUT2D eigenvalue weighted by molar-refractivity contribution is 0.0696. The van der Waals surface area contributed by atoms with E-state index in [1.165, 1.54) is 12.1 Å². The fourth-order valence-corrected chi connectivity index (χ4v) is 2.22. The van der Waals surface area contributed by atoms with Crippen LogP contribution >= 0.6 is 11.8 Å². The van der Waals surface area contributed by atoms with Crippen molar-refractivity contribution >= 4 is 17.7 Å². The van der Waals surface area contributed by atoms with E-state index in [-0.39, 0.29) is 10.5 Å². The van der Waals surface area contributed by atoms with Gasteiger partial charge in [0.2, 0.25) is 0 Å². The van der Waals surface area contributed by atoms with Gasteiger partial charge >= 0.3 is 5.97 Å². The molecular formula is C12H9FN2O2S. The fraction of sp³-hybridized carbons (Fsp3) is 0.0833. The Morgan fingerprint density at radius 2 is 2.17 bits per heavy atom. The van der Waals surface area contributed by atoms with Gasteiger partial charge in [0.15, 0.2) is 0 Å². The van der Waals surface area contributed by atoms with Gasteiger partial charge in [0.25, 0.3) is 0 Å². The standard InChI is InChI=1S/C12H9FN2O2S/c1-7-4-11(15-14-6-7)18-10-5-8(12(16)17)2-3-9(10)13/h2-6H,1H3,(H,16,17). The molecule has 0 fully saturated rings. The van der Waals surface area contributed by atoms with E-state index in [4.69, 9.17) is 5.11 Å². The summed E-state index contributed by atoms with van der Waals surface area (Å²) < 4.78 is 13.6. The molecule has 0 saturated carbocycles. The predicted octanol–water partition coefficient (Wildman–Crippen LogP) is 2.77. The van der Waals surface area contributed by atoms with Crippen LogP contribution in [0.3, 0.4) is 0 Å². The summed E-state index contributed by atoms with van der Waals surface area (Å²) in [7, 11) is 0. The van der Waals surface area contributed by atoms with Crippen molar-refractivity contribution in [3.8, 4) is 0 Å². The van der Waals surface area contributed by atoms with Crippen molar-refractivity contribution in [2.75, 3.05) is 0 Å². The van der Waals surface area contributed by atoms with Gasteiger partial charge in [0, 0.05) is 0 Å². The summed E-state index contributed by atoms with van der Waals surface area (Å²) in [6.07, 6.45) is 1.59. The van der Waals surface area contributed by atoms with E-state index < -0.39 is 11.8 Å². The summed E-state index contributed by atoms with van der Waals surface area (Å²) in [6.45, 7) is 1.85. The average Bonchev–Trinajstić information content (AvgIpc) is 2.31. The Morgan fingerprint density at radius 1 is 1.39 bits per heavy atom. The van der Waals surface area contributed by atoms with Crippen LogP contribution in [0, 0.1) is 12.7 Å². The zero-order valence-corrected chi connectivity index (χ0v) is 10.2. The van der Waals surface area contributed by atoms with E-state index in [1.54, 1.807) is 12.3 Å². The number of hydrogen-bond acceptors (Lipinski definition) is 4. The molecule has 2 rings (SSSR count). The third-order valence-corrected chi connectivity index (χ3v) is 3.10. The van der Waals surface area contributed by atoms with E-state index in [1.807, 2.05) is 6.92 Å². The Kier molecular flexibility index (Phi) is 3.57. The minimum Gasteiger partial charge on any atom is -0.478 e. The van der Waals surface area contributed by atoms with Crippen LogP contribution in [0.2, 0.25) is 0 Å². The molecule has 92 valence electrons. The van der Waals surface area contributed by atoms with Gasteiger partial charge in [-0.3, -0.25) is 0 Å². The summed E-state index contributed by atoms with van der Waals surface area (Å²) in [5, 5.41) is 17.0. The monoisotopic (exact) mass is 264 g/mol. The molecule has 0 aliphatic heterocycles. The molecule has 0 amide bonds. The van der Waals surface area contributed by atoms with E-state index in [2.05, 4.69) is 10.2 Å². The first kappa shape index (κ1) is 12.5. The molecule has 4 nitrogen and oxygen atoms in total. The fourth-order valence-electron chi connectivity index (χ4n) is 1.31. The highest BCUT2D eigenvalue weighted by atomic mass is 32.2. The van der Waals surface area contributed by atoms with Gasteiger partial charge < -0.3 is 5.11 Å². The van der Waals surface area contributed by atoms with Crippen molar-refractivity contribution in [1.29, 1.82) is 0 Å². The van der Waals surface area contributed by atoms with Gasteiger partial charge in [0.1, 0.15) is 10.8 Å². The molecule has 2 aromatic rings. The highest BCUT2D eigenvalue weighted by Gasteiger charge is 2.10. The molecule has 0 atom stereocenters. The molecule has 0 bridgehead atoms. The maximum absolute atomic E-state index is 13.6. The van der Waals surface area contributed by atoms with Crippen molar-refractivity contribution in [1.82, 2.24) is 10.2 Å². The lowest BCUT2D eigenvalue weighted by Gasteiger charge is -2.03. The minimum absolute atomic E-state index is 0.0412. The third-order valence-electron chi connectivity index (χ3n) is 2.16. The smallest absolute Gasteiger partial charge is 0.335 e. The number of aromatic carboxylic acids is 1. The van der Waals surface area contributed by atoms with E-state index in [9.17, 15) is 9.18 Å². The summed E-state index contributed by atoms with van der Waals surface area (Å²) in [4.78, 5) is 11.0. The largest absolute Gasteiger partial charge is 0.478 e. The molecule has 0 spiro atoms. The molecule has 0 aliphatic rings. The number of carboxylic acid groups (broad SMARTS) is 1. The first-order valence-electron chi connectivity index (χ1n) is 5.06. The highest BCUT2D eigenvalue weighted by Crippen LogP contribution is 2.29. The van der Waals surface area contributed by atoms with Gasteiger partial charge in [-0.15, -0.1) is 5.10 Å². The Morgan fingerprint density at radius 3 is 2.83 bits per heavy atom. The second-order valence-electron chi connectivity index (χ2n) is 3.62. The lowest BCUT2D eigenvalue weighted by atomic mass is 10.2. The van der Waals surface area contributed by atoms with Crippen LogP contribution in [0.4, 0.5) is 4.39 Å². The van der Waals surface area contributed by atoms with Crippen molar-refractivity contribution in [2.45, 2.75) is 16.8 Å². The number of carboxylic acids is 1. The van der Waals surface area contributed by atoms with E-state index in [0.717, 1.165) is 23.4 Å². The van der Waals surface area contributed by atoms with Gasteiger partial charge in [-0.05, 0) is 36.8 Å². The normalized spacial score (nSPS) is 10.3. The topological polar surface area (TPSA) is 63.1 Å². The van der Waals surface area contributed by atoms with Crippen molar-refractivity contribution in [3.05, 3.63) is 47.4 Å². The van der Waals surface area contributed by atoms with Gasteiger partial charge in [-0.25, -0.2) is 9.18 Å².